The zero-order valence-electron chi connectivity index (χ0n) is 10.8. The first-order chi connectivity index (χ1) is 8.11. The summed E-state index contributed by atoms with van der Waals surface area (Å²) in [4.78, 5) is 10.7. The summed E-state index contributed by atoms with van der Waals surface area (Å²) >= 11 is 0. The molecule has 2 nitrogen and oxygen atoms in total. The van der Waals surface area contributed by atoms with Gasteiger partial charge in [-0.1, -0.05) is 43.7 Å². The largest absolute Gasteiger partial charge is 0.461 e. The van der Waals surface area contributed by atoms with Crippen molar-refractivity contribution < 1.29 is 9.53 Å². The highest BCUT2D eigenvalue weighted by atomic mass is 16.5. The van der Waals surface area contributed by atoms with Gasteiger partial charge in [-0.2, -0.15) is 0 Å². The van der Waals surface area contributed by atoms with Crippen molar-refractivity contribution in [1.29, 1.82) is 0 Å². The molecule has 0 aliphatic heterocycles. The quantitative estimate of drug-likeness (QED) is 0.725. The van der Waals surface area contributed by atoms with E-state index < -0.39 is 0 Å². The van der Waals surface area contributed by atoms with E-state index >= 15 is 0 Å². The van der Waals surface area contributed by atoms with Crippen molar-refractivity contribution >= 4 is 12.0 Å². The fourth-order valence-corrected chi connectivity index (χ4v) is 1.67. The lowest BCUT2D eigenvalue weighted by molar-refractivity contribution is -0.139. The first kappa shape index (κ1) is 13.5. The topological polar surface area (TPSA) is 26.3 Å². The summed E-state index contributed by atoms with van der Waals surface area (Å²) in [6.45, 7) is 5.94. The minimum Gasteiger partial charge on any atom is -0.461 e. The molecule has 0 amide bonds. The van der Waals surface area contributed by atoms with E-state index in [4.69, 9.17) is 4.74 Å². The Bertz CT molecular complexity index is 405. The molecule has 0 saturated heterocycles. The molecule has 0 spiro atoms. The average molecular weight is 232 g/mol. The summed E-state index contributed by atoms with van der Waals surface area (Å²) < 4.78 is 4.95. The number of benzene rings is 1. The Hall–Kier alpha value is -1.57. The van der Waals surface area contributed by atoms with Crippen molar-refractivity contribution in [2.24, 2.45) is 0 Å². The third-order valence-electron chi connectivity index (χ3n) is 2.41. The molecule has 0 aliphatic rings. The van der Waals surface area contributed by atoms with Crippen LogP contribution in [0.5, 0.6) is 0 Å². The van der Waals surface area contributed by atoms with E-state index in [-0.39, 0.29) is 5.97 Å². The maximum absolute atomic E-state index is 10.7. The monoisotopic (exact) mass is 232 g/mol. The van der Waals surface area contributed by atoms with E-state index in [1.807, 2.05) is 6.92 Å². The van der Waals surface area contributed by atoms with Gasteiger partial charge in [0.05, 0.1) is 0 Å². The molecule has 2 heteroatoms. The molecule has 0 N–H and O–H groups in total. The van der Waals surface area contributed by atoms with Crippen molar-refractivity contribution in [3.8, 4) is 0 Å². The third-order valence-corrected chi connectivity index (χ3v) is 2.41. The van der Waals surface area contributed by atoms with Gasteiger partial charge in [-0.15, -0.1) is 0 Å². The van der Waals surface area contributed by atoms with Gasteiger partial charge in [-0.3, -0.25) is 4.79 Å². The predicted molar refractivity (Wildman–Crippen MR) is 70.7 cm³/mol. The molecule has 0 aliphatic carbocycles. The number of hydrogen-bond acceptors (Lipinski definition) is 2. The standard InChI is InChI=1S/C15H20O2/c1-4-6-14-7-5-8-15(10-14)9-12(2)11-17-13(3)16/h5,7-10H,4,6,11H2,1-3H3. The highest BCUT2D eigenvalue weighted by Crippen LogP contribution is 2.11. The second-order valence-corrected chi connectivity index (χ2v) is 4.27. The zero-order valence-corrected chi connectivity index (χ0v) is 10.8. The third kappa shape index (κ3) is 5.34. The maximum Gasteiger partial charge on any atom is 0.302 e. The minimum atomic E-state index is -0.238. The Balaban J connectivity index is 2.68. The molecule has 92 valence electrons. The van der Waals surface area contributed by atoms with E-state index in [1.165, 1.54) is 18.1 Å². The van der Waals surface area contributed by atoms with Crippen LogP contribution in [-0.2, 0) is 16.0 Å². The lowest BCUT2D eigenvalue weighted by atomic mass is 10.1. The van der Waals surface area contributed by atoms with Crippen molar-refractivity contribution in [1.82, 2.24) is 0 Å². The minimum absolute atomic E-state index is 0.238. The van der Waals surface area contributed by atoms with Crippen molar-refractivity contribution in [3.05, 3.63) is 41.0 Å². The van der Waals surface area contributed by atoms with Gasteiger partial charge >= 0.3 is 5.97 Å². The van der Waals surface area contributed by atoms with Gasteiger partial charge in [0.25, 0.3) is 0 Å². The molecule has 0 bridgehead atoms. The molecule has 0 atom stereocenters. The highest BCUT2D eigenvalue weighted by Gasteiger charge is 1.97. The maximum atomic E-state index is 10.7. The van der Waals surface area contributed by atoms with Crippen LogP contribution in [-0.4, -0.2) is 12.6 Å². The first-order valence-corrected chi connectivity index (χ1v) is 6.01. The molecule has 0 heterocycles. The van der Waals surface area contributed by atoms with Gasteiger partial charge in [0.2, 0.25) is 0 Å². The zero-order chi connectivity index (χ0) is 12.7. The van der Waals surface area contributed by atoms with Crippen molar-refractivity contribution in [2.45, 2.75) is 33.6 Å². The number of ether oxygens (including phenoxy) is 1. The van der Waals surface area contributed by atoms with Crippen LogP contribution >= 0.6 is 0 Å². The van der Waals surface area contributed by atoms with Gasteiger partial charge < -0.3 is 4.74 Å². The van der Waals surface area contributed by atoms with Gasteiger partial charge in [-0.25, -0.2) is 0 Å². The number of carbonyl (C=O) groups excluding carboxylic acids is 1. The summed E-state index contributed by atoms with van der Waals surface area (Å²) in [5, 5.41) is 0. The molecule has 1 aromatic carbocycles. The molecule has 1 aromatic rings. The average Bonchev–Trinajstić information content (AvgIpc) is 2.27. The summed E-state index contributed by atoms with van der Waals surface area (Å²) in [6.07, 6.45) is 4.31. The number of hydrogen-bond donors (Lipinski definition) is 0. The summed E-state index contributed by atoms with van der Waals surface area (Å²) in [7, 11) is 0. The Morgan fingerprint density at radius 2 is 2.12 bits per heavy atom. The van der Waals surface area contributed by atoms with E-state index in [1.54, 1.807) is 0 Å². The van der Waals surface area contributed by atoms with Gasteiger partial charge in [-0.05, 0) is 30.0 Å². The van der Waals surface area contributed by atoms with Crippen LogP contribution < -0.4 is 0 Å². The second-order valence-electron chi connectivity index (χ2n) is 4.27. The van der Waals surface area contributed by atoms with Crippen molar-refractivity contribution in [2.75, 3.05) is 6.61 Å². The van der Waals surface area contributed by atoms with Crippen LogP contribution in [0.4, 0.5) is 0 Å². The number of aryl methyl sites for hydroxylation is 1. The fourth-order valence-electron chi connectivity index (χ4n) is 1.67. The predicted octanol–water partition coefficient (Wildman–Crippen LogP) is 3.61. The summed E-state index contributed by atoms with van der Waals surface area (Å²) in [6, 6.07) is 8.45. The Morgan fingerprint density at radius 3 is 2.76 bits per heavy atom. The van der Waals surface area contributed by atoms with Crippen molar-refractivity contribution in [3.63, 3.8) is 0 Å². The second kappa shape index (κ2) is 6.89. The molecular formula is C15H20O2. The fraction of sp³-hybridized carbons (Fsp3) is 0.400. The molecule has 0 fully saturated rings. The smallest absolute Gasteiger partial charge is 0.302 e. The van der Waals surface area contributed by atoms with Crippen LogP contribution in [0, 0.1) is 0 Å². The molecular weight excluding hydrogens is 212 g/mol. The highest BCUT2D eigenvalue weighted by molar-refractivity contribution is 5.66. The van der Waals surface area contributed by atoms with E-state index in [2.05, 4.69) is 37.3 Å². The molecule has 0 radical (unpaired) electrons. The number of rotatable bonds is 5. The summed E-state index contributed by atoms with van der Waals surface area (Å²) in [5.41, 5.74) is 3.57. The normalized spacial score (nSPS) is 11.4. The molecule has 0 saturated carbocycles. The number of esters is 1. The molecule has 17 heavy (non-hydrogen) atoms. The Kier molecular flexibility index (Phi) is 5.47. The number of carbonyl (C=O) groups is 1. The first-order valence-electron chi connectivity index (χ1n) is 6.01. The van der Waals surface area contributed by atoms with Gasteiger partial charge in [0.15, 0.2) is 0 Å². The molecule has 0 unspecified atom stereocenters. The Labute approximate surface area is 103 Å². The van der Waals surface area contributed by atoms with Gasteiger partial charge in [0, 0.05) is 6.92 Å². The Morgan fingerprint density at radius 1 is 1.35 bits per heavy atom. The molecule has 1 rings (SSSR count). The molecule has 0 aromatic heterocycles. The van der Waals surface area contributed by atoms with Crippen LogP contribution in [0.25, 0.3) is 6.08 Å². The van der Waals surface area contributed by atoms with Crippen LogP contribution in [0.1, 0.15) is 38.3 Å². The van der Waals surface area contributed by atoms with Crippen LogP contribution in [0.15, 0.2) is 29.8 Å². The lowest BCUT2D eigenvalue weighted by Crippen LogP contribution is -2.01. The summed E-state index contributed by atoms with van der Waals surface area (Å²) in [5.74, 6) is -0.238. The van der Waals surface area contributed by atoms with E-state index in [9.17, 15) is 4.79 Å². The van der Waals surface area contributed by atoms with Gasteiger partial charge in [0.1, 0.15) is 6.61 Å². The van der Waals surface area contributed by atoms with Crippen LogP contribution in [0.3, 0.4) is 0 Å². The SMILES string of the molecule is CCCc1cccc(C=C(C)COC(C)=O)c1. The van der Waals surface area contributed by atoms with Crippen LogP contribution in [0.2, 0.25) is 0 Å². The van der Waals surface area contributed by atoms with E-state index in [0.717, 1.165) is 18.4 Å². The lowest BCUT2D eigenvalue weighted by Gasteiger charge is -2.04. The van der Waals surface area contributed by atoms with E-state index in [0.29, 0.717) is 6.61 Å².